The Morgan fingerprint density at radius 3 is 2.43 bits per heavy atom. The van der Waals surface area contributed by atoms with Crippen LogP contribution in [0.2, 0.25) is 0 Å². The lowest BCUT2D eigenvalue weighted by molar-refractivity contribution is -0.144. The molecule has 5 heterocycles. The van der Waals surface area contributed by atoms with Gasteiger partial charge in [-0.2, -0.15) is 13.2 Å². The van der Waals surface area contributed by atoms with E-state index in [1.807, 2.05) is 0 Å². The number of ether oxygens (including phenoxy) is 1. The van der Waals surface area contributed by atoms with Crippen LogP contribution in [0.3, 0.4) is 0 Å². The molecule has 4 atom stereocenters. The number of hydrogen-bond acceptors (Lipinski definition) is 8. The second kappa shape index (κ2) is 13.1. The molecule has 0 radical (unpaired) electrons. The second-order valence-electron chi connectivity index (χ2n) is 12.1. The molecule has 0 spiro atoms. The fraction of sp³-hybridized carbons (Fsp3) is 0.469. The van der Waals surface area contributed by atoms with Gasteiger partial charge in [0.15, 0.2) is 0 Å². The lowest BCUT2D eigenvalue weighted by Crippen LogP contribution is -2.54. The Labute approximate surface area is 287 Å². The van der Waals surface area contributed by atoms with E-state index in [-0.39, 0.29) is 78.5 Å². The van der Waals surface area contributed by atoms with Crippen molar-refractivity contribution in [3.8, 4) is 11.4 Å². The van der Waals surface area contributed by atoms with Crippen LogP contribution in [0, 0.1) is 0 Å². The third-order valence-electron chi connectivity index (χ3n) is 9.37. The van der Waals surface area contributed by atoms with Crippen molar-refractivity contribution in [1.29, 1.82) is 0 Å². The van der Waals surface area contributed by atoms with Crippen molar-refractivity contribution in [2.75, 3.05) is 31.1 Å². The Morgan fingerprint density at radius 1 is 1.14 bits per heavy atom. The Balaban J connectivity index is 1.80. The number of allylic oxidation sites excluding steroid dienone is 1. The number of aromatic nitrogens is 4. The van der Waals surface area contributed by atoms with Crippen LogP contribution in [0.25, 0.3) is 16.6 Å². The molecule has 0 bridgehead atoms. The third-order valence-corrected chi connectivity index (χ3v) is 10.2. The first-order valence-corrected chi connectivity index (χ1v) is 16.6. The summed E-state index contributed by atoms with van der Waals surface area (Å²) in [5, 5.41) is -1.85. The highest BCUT2D eigenvalue weighted by atomic mass is 35.5. The second-order valence-corrected chi connectivity index (χ2v) is 13.1. The molecule has 0 saturated carbocycles. The van der Waals surface area contributed by atoms with Gasteiger partial charge in [-0.1, -0.05) is 32.0 Å². The summed E-state index contributed by atoms with van der Waals surface area (Å²) in [4.78, 5) is 54.0. The van der Waals surface area contributed by atoms with Crippen molar-refractivity contribution in [3.05, 3.63) is 73.7 Å². The zero-order valence-corrected chi connectivity index (χ0v) is 28.1. The summed E-state index contributed by atoms with van der Waals surface area (Å²) in [5.74, 6) is -1.84. The number of rotatable bonds is 5. The van der Waals surface area contributed by atoms with Gasteiger partial charge in [-0.05, 0) is 25.0 Å². The molecule has 2 aliphatic heterocycles. The summed E-state index contributed by atoms with van der Waals surface area (Å²) in [7, 11) is 0. The van der Waals surface area contributed by atoms with Crippen molar-refractivity contribution in [2.45, 2.75) is 69.2 Å². The molecule has 6 rings (SSSR count). The molecule has 1 amide bonds. The van der Waals surface area contributed by atoms with Crippen LogP contribution in [0.5, 0.6) is 5.75 Å². The molecule has 0 aromatic carbocycles. The number of aryl methyl sites for hydroxylation is 2. The molecule has 3 aromatic heterocycles. The fourth-order valence-corrected chi connectivity index (χ4v) is 7.68. The number of nitrogens with two attached hydrogens (primary N) is 1. The summed E-state index contributed by atoms with van der Waals surface area (Å²) in [6.45, 7) is 7.47. The zero-order chi connectivity index (χ0) is 35.5. The summed E-state index contributed by atoms with van der Waals surface area (Å²) >= 11 is 12.5. The number of alkyl halides is 4. The molecule has 2 N–H and O–H groups in total. The number of nitrogens with zero attached hydrogens (tertiary/aromatic N) is 6. The predicted molar refractivity (Wildman–Crippen MR) is 176 cm³/mol. The van der Waals surface area contributed by atoms with Gasteiger partial charge in [0.2, 0.25) is 11.7 Å². The van der Waals surface area contributed by atoms with E-state index in [0.29, 0.717) is 23.9 Å². The van der Waals surface area contributed by atoms with Gasteiger partial charge < -0.3 is 20.3 Å². The molecule has 1 fully saturated rings. The van der Waals surface area contributed by atoms with E-state index in [4.69, 9.17) is 33.7 Å². The normalized spacial score (nSPS) is 22.8. The molecule has 3 aliphatic rings. The summed E-state index contributed by atoms with van der Waals surface area (Å²) in [6, 6.07) is -3.32. The standard InChI is InChI=1S/C32H33Cl2F4N7O4/c1-4-19-27(20(5-2)41-14-40-19)45-26-16(25-29(31(45)48)49-10-7-15-13-42(22(46)6-3)8-9-43(15)25)11-21(32(36,37)38)44(30(26)47)28-23(35)17(33)12-18(34)24(28)39/h6,11,14-15,18,24,28H,3-5,7-10,12-13,39H2,1-2H3/t15-,18?,24+,28?/m0/s1. The number of hydrogen-bond donors (Lipinski definition) is 1. The van der Waals surface area contributed by atoms with Crippen LogP contribution >= 0.6 is 23.2 Å². The molecular formula is C32H33Cl2F4N7O4. The van der Waals surface area contributed by atoms with E-state index < -0.39 is 62.9 Å². The van der Waals surface area contributed by atoms with Crippen molar-refractivity contribution < 1.29 is 27.1 Å². The maximum atomic E-state index is 15.8. The van der Waals surface area contributed by atoms with Gasteiger partial charge in [-0.15, -0.1) is 11.6 Å². The van der Waals surface area contributed by atoms with E-state index in [0.717, 1.165) is 4.57 Å². The zero-order valence-electron chi connectivity index (χ0n) is 26.6. The van der Waals surface area contributed by atoms with Gasteiger partial charge in [0.25, 0.3) is 11.1 Å². The van der Waals surface area contributed by atoms with Crippen molar-refractivity contribution in [3.63, 3.8) is 0 Å². The minimum Gasteiger partial charge on any atom is -0.486 e. The average molecular weight is 727 g/mol. The van der Waals surface area contributed by atoms with E-state index in [9.17, 15) is 14.4 Å². The molecular weight excluding hydrogens is 693 g/mol. The third kappa shape index (κ3) is 5.69. The predicted octanol–water partition coefficient (Wildman–Crippen LogP) is 4.37. The SMILES string of the molecule is C=CC(=O)N1CCN2c3c(c(=O)n(-c4c(CC)ncnc4CC)c4c(=O)n(C5C(F)=C(Cl)CC(Cl)[C@H]5N)c(C(F)(F)F)cc34)OCC[C@H]2C1. The Morgan fingerprint density at radius 2 is 1.82 bits per heavy atom. The van der Waals surface area contributed by atoms with Crippen LogP contribution in [0.4, 0.5) is 23.2 Å². The smallest absolute Gasteiger partial charge is 0.431 e. The maximum Gasteiger partial charge on any atom is 0.431 e. The molecule has 3 aromatic rings. The largest absolute Gasteiger partial charge is 0.486 e. The Kier molecular flexibility index (Phi) is 9.30. The first kappa shape index (κ1) is 34.9. The number of carbonyl (C=O) groups is 1. The summed E-state index contributed by atoms with van der Waals surface area (Å²) < 4.78 is 68.5. The minimum atomic E-state index is -5.22. The average Bonchev–Trinajstić information content (AvgIpc) is 3.27. The molecule has 17 heteroatoms. The van der Waals surface area contributed by atoms with Crippen LogP contribution in [-0.4, -0.2) is 73.6 Å². The van der Waals surface area contributed by atoms with Crippen molar-refractivity contribution in [2.24, 2.45) is 5.73 Å². The molecule has 262 valence electrons. The maximum absolute atomic E-state index is 15.8. The summed E-state index contributed by atoms with van der Waals surface area (Å²) in [5.41, 5.74) is 2.76. The topological polar surface area (TPSA) is 129 Å². The van der Waals surface area contributed by atoms with Gasteiger partial charge in [0.1, 0.15) is 29.4 Å². The van der Waals surface area contributed by atoms with Gasteiger partial charge in [-0.25, -0.2) is 14.4 Å². The number of halogens is 6. The van der Waals surface area contributed by atoms with Crippen LogP contribution < -0.4 is 26.5 Å². The lowest BCUT2D eigenvalue weighted by Gasteiger charge is -2.42. The number of anilines is 1. The Bertz CT molecular complexity index is 1990. The molecule has 49 heavy (non-hydrogen) atoms. The highest BCUT2D eigenvalue weighted by molar-refractivity contribution is 6.31. The van der Waals surface area contributed by atoms with Crippen LogP contribution in [-0.2, 0) is 23.8 Å². The number of carbonyl (C=O) groups excluding carboxylic acids is 1. The quantitative estimate of drug-likeness (QED) is 0.233. The first-order chi connectivity index (χ1) is 23.2. The minimum absolute atomic E-state index is 0.0106. The van der Waals surface area contributed by atoms with Gasteiger partial charge in [0, 0.05) is 43.9 Å². The number of pyridine rings is 2. The number of amides is 1. The monoisotopic (exact) mass is 725 g/mol. The van der Waals surface area contributed by atoms with Gasteiger partial charge in [-0.3, -0.25) is 23.5 Å². The highest BCUT2D eigenvalue weighted by Crippen LogP contribution is 2.44. The molecule has 1 aliphatic carbocycles. The van der Waals surface area contributed by atoms with Crippen molar-refractivity contribution in [1.82, 2.24) is 24.0 Å². The summed E-state index contributed by atoms with van der Waals surface area (Å²) in [6.07, 6.45) is -2.17. The fourth-order valence-electron chi connectivity index (χ4n) is 7.03. The molecule has 2 unspecified atom stereocenters. The van der Waals surface area contributed by atoms with Crippen LogP contribution in [0.15, 0.2) is 45.5 Å². The van der Waals surface area contributed by atoms with Gasteiger partial charge >= 0.3 is 6.18 Å². The molecule has 11 nitrogen and oxygen atoms in total. The first-order valence-electron chi connectivity index (χ1n) is 15.8. The number of piperazine rings is 1. The van der Waals surface area contributed by atoms with E-state index in [1.54, 1.807) is 23.6 Å². The van der Waals surface area contributed by atoms with E-state index in [1.165, 1.54) is 12.4 Å². The van der Waals surface area contributed by atoms with E-state index in [2.05, 4.69) is 16.5 Å². The Hall–Kier alpha value is -3.95. The van der Waals surface area contributed by atoms with Gasteiger partial charge in [0.05, 0.1) is 45.8 Å². The van der Waals surface area contributed by atoms with Crippen molar-refractivity contribution >= 4 is 45.7 Å². The molecule has 1 saturated heterocycles. The highest BCUT2D eigenvalue weighted by Gasteiger charge is 2.45. The number of fused-ring (bicyclic) bond motifs is 5. The van der Waals surface area contributed by atoms with E-state index >= 15 is 17.6 Å². The van der Waals surface area contributed by atoms with Crippen LogP contribution in [0.1, 0.15) is 49.8 Å². The lowest BCUT2D eigenvalue weighted by atomic mass is 9.94.